The van der Waals surface area contributed by atoms with E-state index in [1.807, 2.05) is 0 Å². The number of rotatable bonds is 2. The van der Waals surface area contributed by atoms with Crippen molar-refractivity contribution in [3.8, 4) is 5.75 Å². The first-order chi connectivity index (χ1) is 5.94. The molecule has 13 heavy (non-hydrogen) atoms. The Morgan fingerprint density at radius 2 is 2.23 bits per heavy atom. The third-order valence-corrected chi connectivity index (χ3v) is 1.93. The van der Waals surface area contributed by atoms with Crippen LogP contribution < -0.4 is 10.8 Å². The third-order valence-electron chi connectivity index (χ3n) is 1.93. The van der Waals surface area contributed by atoms with Crippen LogP contribution in [0.4, 0.5) is 0 Å². The highest BCUT2D eigenvalue weighted by Crippen LogP contribution is 2.19. The summed E-state index contributed by atoms with van der Waals surface area (Å²) in [5.41, 5.74) is 2.61. The van der Waals surface area contributed by atoms with Gasteiger partial charge in [0.05, 0.1) is 0 Å². The topological polar surface area (TPSA) is 88.0 Å². The number of phenolic OH excluding ortho intramolecular Hbond substituents is 1. The predicted molar refractivity (Wildman–Crippen MR) is 43.4 cm³/mol. The van der Waals surface area contributed by atoms with Gasteiger partial charge in [-0.25, -0.2) is 0 Å². The van der Waals surface area contributed by atoms with Crippen molar-refractivity contribution < 1.29 is 20.7 Å². The number of aliphatic carboxylic acids is 1. The lowest BCUT2D eigenvalue weighted by atomic mass is 9.93. The molecule has 0 aliphatic rings. The van der Waals surface area contributed by atoms with Crippen molar-refractivity contribution in [2.24, 2.45) is 0 Å². The van der Waals surface area contributed by atoms with Gasteiger partial charge >= 0.3 is 0 Å². The van der Waals surface area contributed by atoms with Crippen LogP contribution in [0, 0.1) is 0 Å². The molecule has 0 bridgehead atoms. The van der Waals surface area contributed by atoms with E-state index in [2.05, 4.69) is 5.73 Å². The maximum Gasteiger partial charge on any atom is 0.157 e. The van der Waals surface area contributed by atoms with Crippen molar-refractivity contribution in [3.63, 3.8) is 0 Å². The molecule has 1 rings (SSSR count). The van der Waals surface area contributed by atoms with E-state index in [-0.39, 0.29) is 5.75 Å². The highest BCUT2D eigenvalue weighted by molar-refractivity contribution is 5.76. The number of carboxylic acids is 1. The molecule has 4 heteroatoms. The molecule has 0 fully saturated rings. The van der Waals surface area contributed by atoms with Crippen LogP contribution in [0.15, 0.2) is 24.3 Å². The minimum absolute atomic E-state index is 0.0219. The Hall–Kier alpha value is -1.55. The van der Waals surface area contributed by atoms with E-state index in [9.17, 15) is 9.90 Å². The van der Waals surface area contributed by atoms with Gasteiger partial charge in [-0.15, -0.1) is 0 Å². The Kier molecular flexibility index (Phi) is 2.25. The zero-order chi connectivity index (χ0) is 10.1. The molecule has 0 aliphatic heterocycles. The Bertz CT molecular complexity index is 333. The maximum absolute atomic E-state index is 10.7. The molecule has 0 aromatic heterocycles. The third kappa shape index (κ3) is 1.78. The van der Waals surface area contributed by atoms with Gasteiger partial charge < -0.3 is 20.7 Å². The van der Waals surface area contributed by atoms with Gasteiger partial charge in [-0.05, 0) is 12.1 Å². The van der Waals surface area contributed by atoms with Crippen LogP contribution in [-0.2, 0) is 10.3 Å². The first-order valence-corrected chi connectivity index (χ1v) is 3.81. The summed E-state index contributed by atoms with van der Waals surface area (Å²) in [6.07, 6.45) is 0. The number of benzene rings is 1. The first-order valence-electron chi connectivity index (χ1n) is 3.81. The average Bonchev–Trinajstić information content (AvgIpc) is 2.04. The smallest absolute Gasteiger partial charge is 0.157 e. The fourth-order valence-corrected chi connectivity index (χ4v) is 0.967. The summed E-state index contributed by atoms with van der Waals surface area (Å²) in [5, 5.41) is 19.8. The van der Waals surface area contributed by atoms with Crippen LogP contribution in [0.1, 0.15) is 12.5 Å². The van der Waals surface area contributed by atoms with Gasteiger partial charge in [0.2, 0.25) is 0 Å². The van der Waals surface area contributed by atoms with Crippen LogP contribution in [0.5, 0.6) is 5.75 Å². The summed E-state index contributed by atoms with van der Waals surface area (Å²) in [6, 6.07) is 5.98. The quantitative estimate of drug-likeness (QED) is 0.588. The monoisotopic (exact) mass is 181 g/mol. The average molecular weight is 181 g/mol. The Balaban J connectivity index is 3.14. The van der Waals surface area contributed by atoms with Crippen molar-refractivity contribution in [3.05, 3.63) is 29.8 Å². The van der Waals surface area contributed by atoms with E-state index >= 15 is 0 Å². The second-order valence-electron chi connectivity index (χ2n) is 3.17. The van der Waals surface area contributed by atoms with Gasteiger partial charge in [0.15, 0.2) is 5.54 Å². The number of aromatic hydroxyl groups is 1. The lowest BCUT2D eigenvalue weighted by molar-refractivity contribution is -0.489. The summed E-state index contributed by atoms with van der Waals surface area (Å²) in [5.74, 6) is -1.24. The maximum atomic E-state index is 10.7. The molecular weight excluding hydrogens is 170 g/mol. The van der Waals surface area contributed by atoms with Crippen LogP contribution >= 0.6 is 0 Å². The molecule has 0 heterocycles. The lowest BCUT2D eigenvalue weighted by Crippen LogP contribution is -2.75. The number of carbonyl (C=O) groups excluding carboxylic acids is 1. The zero-order valence-corrected chi connectivity index (χ0v) is 7.28. The highest BCUT2D eigenvalue weighted by atomic mass is 16.4. The van der Waals surface area contributed by atoms with E-state index in [0.29, 0.717) is 5.56 Å². The predicted octanol–water partition coefficient (Wildman–Crippen LogP) is -1.40. The molecule has 4 nitrogen and oxygen atoms in total. The van der Waals surface area contributed by atoms with Crippen molar-refractivity contribution in [1.82, 2.24) is 0 Å². The van der Waals surface area contributed by atoms with Gasteiger partial charge in [0, 0.05) is 12.5 Å². The van der Waals surface area contributed by atoms with Crippen molar-refractivity contribution in [1.29, 1.82) is 0 Å². The summed E-state index contributed by atoms with van der Waals surface area (Å²) < 4.78 is 0. The number of phenols is 1. The summed E-state index contributed by atoms with van der Waals surface area (Å²) >= 11 is 0. The number of hydrogen-bond acceptors (Lipinski definition) is 3. The molecule has 0 spiro atoms. The lowest BCUT2D eigenvalue weighted by Gasteiger charge is -2.22. The second-order valence-corrected chi connectivity index (χ2v) is 3.17. The van der Waals surface area contributed by atoms with Crippen molar-refractivity contribution in [2.75, 3.05) is 0 Å². The molecule has 0 saturated heterocycles. The van der Waals surface area contributed by atoms with Crippen molar-refractivity contribution in [2.45, 2.75) is 12.5 Å². The summed E-state index contributed by atoms with van der Waals surface area (Å²) in [7, 11) is 0. The fraction of sp³-hybridized carbons (Fsp3) is 0.222. The van der Waals surface area contributed by atoms with Gasteiger partial charge in [-0.3, -0.25) is 0 Å². The summed E-state index contributed by atoms with van der Waals surface area (Å²) in [6.45, 7) is 1.43. The van der Waals surface area contributed by atoms with Crippen LogP contribution in [0.25, 0.3) is 0 Å². The first kappa shape index (κ1) is 9.54. The molecule has 0 amide bonds. The minimum Gasteiger partial charge on any atom is -0.543 e. The molecule has 0 saturated carbocycles. The largest absolute Gasteiger partial charge is 0.543 e. The Labute approximate surface area is 75.6 Å². The van der Waals surface area contributed by atoms with E-state index in [4.69, 9.17) is 5.11 Å². The molecule has 1 atom stereocenters. The number of quaternary nitrogens is 1. The molecule has 1 aromatic carbocycles. The van der Waals surface area contributed by atoms with E-state index in [1.165, 1.54) is 19.1 Å². The standard InChI is InChI=1S/C9H11NO3/c1-9(10,8(12)13)6-3-2-4-7(11)5-6/h2-5,11H,10H2,1H3,(H,12,13)/t9-/m1/s1. The molecule has 0 unspecified atom stereocenters. The van der Waals surface area contributed by atoms with E-state index < -0.39 is 11.5 Å². The molecule has 70 valence electrons. The molecular formula is C9H11NO3. The zero-order valence-electron chi connectivity index (χ0n) is 7.28. The second kappa shape index (κ2) is 3.06. The molecule has 0 aliphatic carbocycles. The minimum atomic E-state index is -1.32. The Morgan fingerprint density at radius 3 is 2.69 bits per heavy atom. The van der Waals surface area contributed by atoms with Crippen LogP contribution in [0.2, 0.25) is 0 Å². The van der Waals surface area contributed by atoms with Gasteiger partial charge in [-0.1, -0.05) is 12.1 Å². The fourth-order valence-electron chi connectivity index (χ4n) is 0.967. The SMILES string of the molecule is C[C@]([NH3+])(C(=O)[O-])c1cccc(O)c1. The number of carbonyl (C=O) groups is 1. The number of carboxylic acid groups (broad SMARTS) is 1. The highest BCUT2D eigenvalue weighted by Gasteiger charge is 2.27. The molecule has 1 aromatic rings. The van der Waals surface area contributed by atoms with Crippen LogP contribution in [-0.4, -0.2) is 11.1 Å². The van der Waals surface area contributed by atoms with Gasteiger partial charge in [0.25, 0.3) is 0 Å². The molecule has 0 radical (unpaired) electrons. The van der Waals surface area contributed by atoms with Gasteiger partial charge in [-0.2, -0.15) is 0 Å². The summed E-state index contributed by atoms with van der Waals surface area (Å²) in [4.78, 5) is 10.7. The number of hydrogen-bond donors (Lipinski definition) is 2. The van der Waals surface area contributed by atoms with Crippen molar-refractivity contribution >= 4 is 5.97 Å². The molecule has 4 N–H and O–H groups in total. The van der Waals surface area contributed by atoms with E-state index in [1.54, 1.807) is 12.1 Å². The normalized spacial score (nSPS) is 14.9. The van der Waals surface area contributed by atoms with Crippen LogP contribution in [0.3, 0.4) is 0 Å². The van der Waals surface area contributed by atoms with E-state index in [0.717, 1.165) is 0 Å². The van der Waals surface area contributed by atoms with Gasteiger partial charge in [0.1, 0.15) is 11.7 Å². The Morgan fingerprint density at radius 1 is 1.62 bits per heavy atom.